The Morgan fingerprint density at radius 1 is 1.55 bits per heavy atom. The summed E-state index contributed by atoms with van der Waals surface area (Å²) in [4.78, 5) is 0. The molecule has 3 N–H and O–H groups in total. The first kappa shape index (κ1) is 8.75. The van der Waals surface area contributed by atoms with Crippen molar-refractivity contribution >= 4 is 0 Å². The van der Waals surface area contributed by atoms with Gasteiger partial charge >= 0.3 is 0 Å². The van der Waals surface area contributed by atoms with Crippen LogP contribution in [0.3, 0.4) is 0 Å². The van der Waals surface area contributed by atoms with Gasteiger partial charge in [-0.25, -0.2) is 0 Å². The minimum absolute atomic E-state index is 0.335. The summed E-state index contributed by atoms with van der Waals surface area (Å²) in [6.45, 7) is 3.92. The van der Waals surface area contributed by atoms with E-state index in [0.29, 0.717) is 5.54 Å². The average Bonchev–Trinajstić information content (AvgIpc) is 2.80. The molecule has 64 valence electrons. The molecule has 0 bridgehead atoms. The minimum atomic E-state index is 0.335. The summed E-state index contributed by atoms with van der Waals surface area (Å²) in [5, 5.41) is 3.48. The molecule has 1 aliphatic rings. The monoisotopic (exact) mass is 154 g/mol. The predicted molar refractivity (Wildman–Crippen MR) is 48.5 cm³/mol. The van der Waals surface area contributed by atoms with E-state index in [1.807, 2.05) is 0 Å². The maximum absolute atomic E-state index is 5.60. The Balaban J connectivity index is 2.03. The van der Waals surface area contributed by atoms with Crippen LogP contribution in [0.15, 0.2) is 12.2 Å². The van der Waals surface area contributed by atoms with E-state index in [1.54, 1.807) is 0 Å². The van der Waals surface area contributed by atoms with Crippen LogP contribution in [0.4, 0.5) is 0 Å². The molecule has 0 atom stereocenters. The average molecular weight is 154 g/mol. The summed E-state index contributed by atoms with van der Waals surface area (Å²) in [6.07, 6.45) is 7.92. The van der Waals surface area contributed by atoms with Crippen LogP contribution in [0.5, 0.6) is 0 Å². The first-order valence-corrected chi connectivity index (χ1v) is 4.39. The molecular formula is C9H18N2. The van der Waals surface area contributed by atoms with Gasteiger partial charge in [-0.15, -0.1) is 0 Å². The highest BCUT2D eigenvalue weighted by Crippen LogP contribution is 2.33. The second-order valence-corrected chi connectivity index (χ2v) is 3.27. The van der Waals surface area contributed by atoms with Gasteiger partial charge in [0.2, 0.25) is 0 Å². The third kappa shape index (κ3) is 2.64. The van der Waals surface area contributed by atoms with E-state index >= 15 is 0 Å². The van der Waals surface area contributed by atoms with Crippen molar-refractivity contribution < 1.29 is 0 Å². The topological polar surface area (TPSA) is 38.0 Å². The molecule has 0 heterocycles. The molecule has 0 spiro atoms. The van der Waals surface area contributed by atoms with Crippen LogP contribution in [-0.2, 0) is 0 Å². The first-order valence-electron chi connectivity index (χ1n) is 4.39. The number of hydrogen-bond acceptors (Lipinski definition) is 2. The molecule has 0 aromatic heterocycles. The molecule has 0 unspecified atom stereocenters. The Morgan fingerprint density at radius 2 is 2.27 bits per heavy atom. The standard InChI is InChI=1S/C9H18N2/c1-2-3-4-7-11-9(8-10)5-6-9/h2-3,11H,4-8,10H2,1H3/b3-2+. The van der Waals surface area contributed by atoms with E-state index in [0.717, 1.165) is 19.5 Å². The van der Waals surface area contributed by atoms with Gasteiger partial charge in [0.05, 0.1) is 0 Å². The number of nitrogens with one attached hydrogen (secondary N) is 1. The van der Waals surface area contributed by atoms with Gasteiger partial charge in [0, 0.05) is 12.1 Å². The fourth-order valence-electron chi connectivity index (χ4n) is 1.19. The molecule has 0 amide bonds. The normalized spacial score (nSPS) is 20.9. The lowest BCUT2D eigenvalue weighted by molar-refractivity contribution is 0.512. The smallest absolute Gasteiger partial charge is 0.0305 e. The summed E-state index contributed by atoms with van der Waals surface area (Å²) < 4.78 is 0. The highest BCUT2D eigenvalue weighted by molar-refractivity contribution is 5.02. The van der Waals surface area contributed by atoms with Crippen molar-refractivity contribution in [2.45, 2.75) is 31.7 Å². The van der Waals surface area contributed by atoms with Crippen LogP contribution in [0, 0.1) is 0 Å². The molecule has 11 heavy (non-hydrogen) atoms. The highest BCUT2D eigenvalue weighted by Gasteiger charge is 2.39. The second-order valence-electron chi connectivity index (χ2n) is 3.27. The molecule has 0 aliphatic heterocycles. The lowest BCUT2D eigenvalue weighted by atomic mass is 10.2. The Kier molecular flexibility index (Phi) is 3.09. The lowest BCUT2D eigenvalue weighted by Crippen LogP contribution is -2.38. The number of hydrogen-bond donors (Lipinski definition) is 2. The molecule has 0 radical (unpaired) electrons. The van der Waals surface area contributed by atoms with Crippen LogP contribution >= 0.6 is 0 Å². The van der Waals surface area contributed by atoms with E-state index in [9.17, 15) is 0 Å². The van der Waals surface area contributed by atoms with E-state index in [2.05, 4.69) is 24.4 Å². The van der Waals surface area contributed by atoms with Gasteiger partial charge in [-0.3, -0.25) is 0 Å². The Labute approximate surface area is 68.9 Å². The quantitative estimate of drug-likeness (QED) is 0.458. The zero-order chi connectivity index (χ0) is 8.16. The SMILES string of the molecule is C/C=C/CCNC1(CN)CC1. The van der Waals surface area contributed by atoms with Crippen LogP contribution < -0.4 is 11.1 Å². The van der Waals surface area contributed by atoms with E-state index in [1.165, 1.54) is 12.8 Å². The zero-order valence-corrected chi connectivity index (χ0v) is 7.27. The van der Waals surface area contributed by atoms with Crippen molar-refractivity contribution in [3.05, 3.63) is 12.2 Å². The fourth-order valence-corrected chi connectivity index (χ4v) is 1.19. The Morgan fingerprint density at radius 3 is 2.73 bits per heavy atom. The van der Waals surface area contributed by atoms with Gasteiger partial charge in [-0.2, -0.15) is 0 Å². The van der Waals surface area contributed by atoms with Crippen molar-refractivity contribution in [2.75, 3.05) is 13.1 Å². The first-order chi connectivity index (χ1) is 5.33. The van der Waals surface area contributed by atoms with Gasteiger partial charge < -0.3 is 11.1 Å². The predicted octanol–water partition coefficient (Wildman–Crippen LogP) is 1.03. The highest BCUT2D eigenvalue weighted by atomic mass is 15.0. The zero-order valence-electron chi connectivity index (χ0n) is 7.27. The largest absolute Gasteiger partial charge is 0.329 e. The summed E-state index contributed by atoms with van der Waals surface area (Å²) in [5.41, 5.74) is 5.94. The molecule has 1 aliphatic carbocycles. The van der Waals surface area contributed by atoms with Crippen molar-refractivity contribution in [3.8, 4) is 0 Å². The van der Waals surface area contributed by atoms with Gasteiger partial charge in [-0.1, -0.05) is 12.2 Å². The number of nitrogens with two attached hydrogens (primary N) is 1. The summed E-state index contributed by atoms with van der Waals surface area (Å²) in [5.74, 6) is 0. The maximum Gasteiger partial charge on any atom is 0.0305 e. The van der Waals surface area contributed by atoms with Crippen molar-refractivity contribution in [2.24, 2.45) is 5.73 Å². The molecule has 1 fully saturated rings. The van der Waals surface area contributed by atoms with Crippen LogP contribution in [0.1, 0.15) is 26.2 Å². The lowest BCUT2D eigenvalue weighted by Gasteiger charge is -2.13. The maximum atomic E-state index is 5.60. The third-order valence-electron chi connectivity index (χ3n) is 2.29. The molecule has 0 aromatic carbocycles. The molecular weight excluding hydrogens is 136 g/mol. The molecule has 0 saturated heterocycles. The van der Waals surface area contributed by atoms with Crippen molar-refractivity contribution in [3.63, 3.8) is 0 Å². The summed E-state index contributed by atoms with van der Waals surface area (Å²) in [7, 11) is 0. The van der Waals surface area contributed by atoms with Gasteiger partial charge in [-0.05, 0) is 32.7 Å². The molecule has 2 heteroatoms. The van der Waals surface area contributed by atoms with Crippen molar-refractivity contribution in [1.82, 2.24) is 5.32 Å². The van der Waals surface area contributed by atoms with E-state index < -0.39 is 0 Å². The second kappa shape index (κ2) is 3.88. The van der Waals surface area contributed by atoms with Crippen LogP contribution in [0.2, 0.25) is 0 Å². The van der Waals surface area contributed by atoms with Crippen LogP contribution in [-0.4, -0.2) is 18.6 Å². The van der Waals surface area contributed by atoms with Gasteiger partial charge in [0.1, 0.15) is 0 Å². The van der Waals surface area contributed by atoms with Crippen LogP contribution in [0.25, 0.3) is 0 Å². The Hall–Kier alpha value is -0.340. The fraction of sp³-hybridized carbons (Fsp3) is 0.778. The van der Waals surface area contributed by atoms with Gasteiger partial charge in [0.25, 0.3) is 0 Å². The number of rotatable bonds is 5. The third-order valence-corrected chi connectivity index (χ3v) is 2.29. The Bertz CT molecular complexity index is 136. The van der Waals surface area contributed by atoms with Crippen molar-refractivity contribution in [1.29, 1.82) is 0 Å². The molecule has 1 saturated carbocycles. The van der Waals surface area contributed by atoms with E-state index in [4.69, 9.17) is 5.73 Å². The number of allylic oxidation sites excluding steroid dienone is 1. The molecule has 0 aromatic rings. The summed E-state index contributed by atoms with van der Waals surface area (Å²) in [6, 6.07) is 0. The summed E-state index contributed by atoms with van der Waals surface area (Å²) >= 11 is 0. The molecule has 1 rings (SSSR count). The van der Waals surface area contributed by atoms with Gasteiger partial charge in [0.15, 0.2) is 0 Å². The van der Waals surface area contributed by atoms with E-state index in [-0.39, 0.29) is 0 Å². The minimum Gasteiger partial charge on any atom is -0.329 e. The molecule has 2 nitrogen and oxygen atoms in total.